The van der Waals surface area contributed by atoms with Gasteiger partial charge in [-0.2, -0.15) is 0 Å². The van der Waals surface area contributed by atoms with Gasteiger partial charge < -0.3 is 10.4 Å². The predicted molar refractivity (Wildman–Crippen MR) is 108 cm³/mol. The summed E-state index contributed by atoms with van der Waals surface area (Å²) >= 11 is 2.90. The number of anilines is 2. The fourth-order valence-corrected chi connectivity index (χ4v) is 4.34. The van der Waals surface area contributed by atoms with Crippen molar-refractivity contribution in [1.82, 2.24) is 4.98 Å². The number of hydrogen-bond donors (Lipinski definition) is 3. The minimum atomic E-state index is -4.51. The Kier molecular flexibility index (Phi) is 5.38. The van der Waals surface area contributed by atoms with E-state index in [9.17, 15) is 22.3 Å². The van der Waals surface area contributed by atoms with Crippen molar-refractivity contribution in [3.05, 3.63) is 51.2 Å². The van der Waals surface area contributed by atoms with Gasteiger partial charge in [-0.1, -0.05) is 11.3 Å². The number of aromatic hydroxyl groups is 1. The third-order valence-electron chi connectivity index (χ3n) is 3.65. The molecular formula is C16H12F2IN3O3S2. The minimum Gasteiger partial charge on any atom is -0.498 e. The Hall–Kier alpha value is -1.83. The highest BCUT2D eigenvalue weighted by atomic mass is 127. The highest BCUT2D eigenvalue weighted by molar-refractivity contribution is 14.1. The molecule has 0 fully saturated rings. The summed E-state index contributed by atoms with van der Waals surface area (Å²) in [6.07, 6.45) is 1.12. The minimum absolute atomic E-state index is 0.0406. The van der Waals surface area contributed by atoms with Crippen LogP contribution in [0.5, 0.6) is 5.06 Å². The third kappa shape index (κ3) is 4.05. The lowest BCUT2D eigenvalue weighted by Crippen LogP contribution is -2.16. The Morgan fingerprint density at radius 3 is 2.52 bits per heavy atom. The van der Waals surface area contributed by atoms with E-state index in [-0.39, 0.29) is 21.3 Å². The van der Waals surface area contributed by atoms with Crippen LogP contribution in [0.25, 0.3) is 10.6 Å². The number of hydrogen-bond acceptors (Lipinski definition) is 6. The van der Waals surface area contributed by atoms with E-state index >= 15 is 0 Å². The van der Waals surface area contributed by atoms with Crippen LogP contribution in [-0.2, 0) is 10.0 Å². The molecule has 2 aromatic carbocycles. The van der Waals surface area contributed by atoms with E-state index in [1.54, 1.807) is 19.1 Å². The number of nitrogens with two attached hydrogens (primary N) is 1. The zero-order valence-corrected chi connectivity index (χ0v) is 17.4. The number of rotatable bonds is 4. The molecular weight excluding hydrogens is 511 g/mol. The monoisotopic (exact) mass is 523 g/mol. The Balaban J connectivity index is 2.27. The number of aromatic nitrogens is 1. The molecule has 0 bridgehead atoms. The molecule has 0 aliphatic heterocycles. The summed E-state index contributed by atoms with van der Waals surface area (Å²) in [5.41, 5.74) is 0.920. The first-order valence-electron chi connectivity index (χ1n) is 7.31. The molecule has 0 saturated carbocycles. The van der Waals surface area contributed by atoms with E-state index in [4.69, 9.17) is 5.14 Å². The summed E-state index contributed by atoms with van der Waals surface area (Å²) in [5, 5.41) is 17.3. The molecule has 0 amide bonds. The average molecular weight is 523 g/mol. The summed E-state index contributed by atoms with van der Waals surface area (Å²) in [6, 6.07) is 6.20. The van der Waals surface area contributed by atoms with Crippen LogP contribution >= 0.6 is 33.9 Å². The van der Waals surface area contributed by atoms with Gasteiger partial charge in [0.2, 0.25) is 10.0 Å². The van der Waals surface area contributed by atoms with Gasteiger partial charge in [-0.15, -0.1) is 0 Å². The van der Waals surface area contributed by atoms with E-state index in [2.05, 4.69) is 32.9 Å². The highest BCUT2D eigenvalue weighted by Crippen LogP contribution is 2.40. The normalized spacial score (nSPS) is 11.6. The van der Waals surface area contributed by atoms with E-state index in [0.717, 1.165) is 32.7 Å². The van der Waals surface area contributed by atoms with Crippen LogP contribution in [0, 0.1) is 22.1 Å². The van der Waals surface area contributed by atoms with Crippen LogP contribution in [0.1, 0.15) is 5.56 Å². The molecule has 0 atom stereocenters. The predicted octanol–water partition coefficient (Wildman–Crippen LogP) is 4.10. The molecule has 0 radical (unpaired) electrons. The number of thiazole rings is 1. The van der Waals surface area contributed by atoms with Crippen LogP contribution in [0.4, 0.5) is 20.2 Å². The van der Waals surface area contributed by atoms with Gasteiger partial charge in [-0.05, 0) is 59.3 Å². The molecule has 3 aromatic rings. The summed E-state index contributed by atoms with van der Waals surface area (Å²) in [5.74, 6) is -3.00. The molecule has 0 aliphatic rings. The quantitative estimate of drug-likeness (QED) is 0.447. The van der Waals surface area contributed by atoms with Gasteiger partial charge in [0.1, 0.15) is 9.90 Å². The van der Waals surface area contributed by atoms with Crippen LogP contribution in [0.3, 0.4) is 0 Å². The molecule has 27 heavy (non-hydrogen) atoms. The number of nitrogens with one attached hydrogen (secondary N) is 1. The molecule has 1 aromatic heterocycles. The lowest BCUT2D eigenvalue weighted by Gasteiger charge is -2.16. The third-order valence-corrected chi connectivity index (χ3v) is 6.07. The Labute approximate surface area is 171 Å². The van der Waals surface area contributed by atoms with Crippen molar-refractivity contribution in [3.8, 4) is 15.6 Å². The Morgan fingerprint density at radius 2 is 1.96 bits per heavy atom. The topological polar surface area (TPSA) is 105 Å². The fourth-order valence-electron chi connectivity index (χ4n) is 2.39. The van der Waals surface area contributed by atoms with Gasteiger partial charge in [-0.25, -0.2) is 27.3 Å². The van der Waals surface area contributed by atoms with E-state index < -0.39 is 26.6 Å². The standard InChI is InChI=1S/C16H12F2IN3O3S2/c1-7-4-8(19)2-3-10(7)22-15-9(16-21-6-12(23)26-16)5-11(27(20,24)25)13(17)14(15)18/h2-6,22-23H,1H3,(H2,20,24,25). The Bertz CT molecular complexity index is 1150. The van der Waals surface area contributed by atoms with Gasteiger partial charge in [-0.3, -0.25) is 0 Å². The second-order valence-corrected chi connectivity index (χ2v) is 9.34. The maximum Gasteiger partial charge on any atom is 0.241 e. The Morgan fingerprint density at radius 1 is 1.26 bits per heavy atom. The molecule has 4 N–H and O–H groups in total. The van der Waals surface area contributed by atoms with Crippen molar-refractivity contribution in [2.75, 3.05) is 5.32 Å². The second-order valence-electron chi connectivity index (χ2n) is 5.56. The maximum atomic E-state index is 14.8. The second kappa shape index (κ2) is 7.30. The molecule has 142 valence electrons. The molecule has 0 saturated heterocycles. The van der Waals surface area contributed by atoms with Gasteiger partial charge in [0.05, 0.1) is 11.9 Å². The SMILES string of the molecule is Cc1cc(I)ccc1Nc1c(-c2ncc(O)s2)cc(S(N)(=O)=O)c(F)c1F. The molecule has 0 unspecified atom stereocenters. The van der Waals surface area contributed by atoms with E-state index in [0.29, 0.717) is 5.69 Å². The number of nitrogens with zero attached hydrogens (tertiary/aromatic N) is 1. The number of halogens is 3. The molecule has 11 heteroatoms. The van der Waals surface area contributed by atoms with Gasteiger partial charge in [0, 0.05) is 14.8 Å². The van der Waals surface area contributed by atoms with Gasteiger partial charge in [0.25, 0.3) is 0 Å². The maximum absolute atomic E-state index is 14.8. The van der Waals surface area contributed by atoms with Crippen molar-refractivity contribution < 1.29 is 22.3 Å². The summed E-state index contributed by atoms with van der Waals surface area (Å²) in [4.78, 5) is 2.93. The molecule has 0 aliphatic carbocycles. The first-order valence-corrected chi connectivity index (χ1v) is 10.7. The molecule has 1 heterocycles. The van der Waals surface area contributed by atoms with Crippen LogP contribution in [0.15, 0.2) is 35.4 Å². The summed E-state index contributed by atoms with van der Waals surface area (Å²) in [6.45, 7) is 1.78. The average Bonchev–Trinajstić information content (AvgIpc) is 2.99. The molecule has 3 rings (SSSR count). The zero-order chi connectivity index (χ0) is 19.9. The summed E-state index contributed by atoms with van der Waals surface area (Å²) in [7, 11) is -4.51. The van der Waals surface area contributed by atoms with Crippen LogP contribution in [0.2, 0.25) is 0 Å². The zero-order valence-electron chi connectivity index (χ0n) is 13.6. The van der Waals surface area contributed by atoms with Crippen molar-refractivity contribution >= 4 is 55.3 Å². The van der Waals surface area contributed by atoms with Crippen molar-refractivity contribution in [2.24, 2.45) is 5.14 Å². The van der Waals surface area contributed by atoms with Crippen molar-refractivity contribution in [3.63, 3.8) is 0 Å². The van der Waals surface area contributed by atoms with Crippen molar-refractivity contribution in [2.45, 2.75) is 11.8 Å². The lowest BCUT2D eigenvalue weighted by atomic mass is 10.1. The number of benzene rings is 2. The van der Waals surface area contributed by atoms with E-state index in [1.165, 1.54) is 0 Å². The smallest absolute Gasteiger partial charge is 0.241 e. The summed E-state index contributed by atoms with van der Waals surface area (Å²) < 4.78 is 53.4. The number of primary sulfonamides is 1. The fraction of sp³-hybridized carbons (Fsp3) is 0.0625. The van der Waals surface area contributed by atoms with Crippen LogP contribution in [-0.4, -0.2) is 18.5 Å². The van der Waals surface area contributed by atoms with Crippen molar-refractivity contribution in [1.29, 1.82) is 0 Å². The molecule has 0 spiro atoms. The largest absolute Gasteiger partial charge is 0.498 e. The van der Waals surface area contributed by atoms with Crippen LogP contribution < -0.4 is 10.5 Å². The highest BCUT2D eigenvalue weighted by Gasteiger charge is 2.26. The van der Waals surface area contributed by atoms with Gasteiger partial charge >= 0.3 is 0 Å². The number of aryl methyl sites for hydroxylation is 1. The molecule has 6 nitrogen and oxygen atoms in total. The number of sulfonamides is 1. The van der Waals surface area contributed by atoms with Gasteiger partial charge in [0.15, 0.2) is 16.7 Å². The lowest BCUT2D eigenvalue weighted by molar-refractivity contribution is 0.488. The van der Waals surface area contributed by atoms with E-state index in [1.807, 2.05) is 6.07 Å². The first-order chi connectivity index (χ1) is 12.6. The first kappa shape index (κ1) is 19.9.